The summed E-state index contributed by atoms with van der Waals surface area (Å²) in [6.45, 7) is 4.58. The van der Waals surface area contributed by atoms with Crippen molar-refractivity contribution in [3.8, 4) is 11.1 Å². The standard InChI is InChI=1S/C27H32N2O6/c1-16(2)13-23(26(31)32)29-25(30)24-17(11-12-34-24)14-28-27(33)35-15-22-20-9-5-3-7-18(20)19-8-4-6-10-21(19)22/h3-10,16-17,22-24H,11-15H2,1-2H3,(H,28,33)(H,29,30)(H,31,32)/t17-,23+,24-/m0/s1. The minimum atomic E-state index is -1.07. The molecule has 3 atom stereocenters. The molecule has 2 aliphatic rings. The fourth-order valence-corrected chi connectivity index (χ4v) is 4.94. The monoisotopic (exact) mass is 480 g/mol. The molecule has 1 fully saturated rings. The average Bonchev–Trinajstić information content (AvgIpc) is 3.43. The maximum absolute atomic E-state index is 12.7. The molecule has 8 nitrogen and oxygen atoms in total. The van der Waals surface area contributed by atoms with Crippen molar-refractivity contribution >= 4 is 18.0 Å². The Morgan fingerprint density at radius 2 is 1.69 bits per heavy atom. The molecule has 1 saturated heterocycles. The van der Waals surface area contributed by atoms with E-state index < -0.39 is 30.1 Å². The van der Waals surface area contributed by atoms with E-state index in [1.165, 1.54) is 0 Å². The molecule has 0 bridgehead atoms. The number of carbonyl (C=O) groups is 3. The number of nitrogens with one attached hydrogen (secondary N) is 2. The van der Waals surface area contributed by atoms with Gasteiger partial charge in [-0.3, -0.25) is 4.79 Å². The maximum Gasteiger partial charge on any atom is 0.407 e. The van der Waals surface area contributed by atoms with Gasteiger partial charge < -0.3 is 25.2 Å². The molecule has 2 aromatic rings. The van der Waals surface area contributed by atoms with Crippen LogP contribution in [0.25, 0.3) is 11.1 Å². The van der Waals surface area contributed by atoms with Crippen LogP contribution < -0.4 is 10.6 Å². The van der Waals surface area contributed by atoms with Crippen LogP contribution in [0.1, 0.15) is 43.7 Å². The van der Waals surface area contributed by atoms with Gasteiger partial charge in [0.2, 0.25) is 5.91 Å². The van der Waals surface area contributed by atoms with E-state index in [2.05, 4.69) is 34.9 Å². The van der Waals surface area contributed by atoms with Crippen molar-refractivity contribution in [3.63, 3.8) is 0 Å². The molecule has 0 spiro atoms. The van der Waals surface area contributed by atoms with Crippen LogP contribution in [-0.4, -0.2) is 55.0 Å². The van der Waals surface area contributed by atoms with Crippen LogP contribution in [0.2, 0.25) is 0 Å². The largest absolute Gasteiger partial charge is 0.480 e. The number of alkyl carbamates (subject to hydrolysis) is 1. The first-order valence-corrected chi connectivity index (χ1v) is 12.1. The zero-order valence-electron chi connectivity index (χ0n) is 20.0. The first-order valence-electron chi connectivity index (χ1n) is 12.1. The van der Waals surface area contributed by atoms with E-state index in [9.17, 15) is 19.5 Å². The van der Waals surface area contributed by atoms with Gasteiger partial charge in [-0.25, -0.2) is 9.59 Å². The Bertz CT molecular complexity index is 1040. The van der Waals surface area contributed by atoms with Gasteiger partial charge in [0.1, 0.15) is 18.8 Å². The number of carboxylic acids is 1. The van der Waals surface area contributed by atoms with E-state index in [1.807, 2.05) is 38.1 Å². The van der Waals surface area contributed by atoms with Crippen LogP contribution >= 0.6 is 0 Å². The number of carbonyl (C=O) groups excluding carboxylic acids is 2. The lowest BCUT2D eigenvalue weighted by atomic mass is 9.98. The quantitative estimate of drug-likeness (QED) is 0.506. The molecule has 1 aliphatic heterocycles. The van der Waals surface area contributed by atoms with Gasteiger partial charge in [0.15, 0.2) is 0 Å². The molecular weight excluding hydrogens is 448 g/mol. The van der Waals surface area contributed by atoms with E-state index in [-0.39, 0.29) is 30.9 Å². The van der Waals surface area contributed by atoms with Crippen molar-refractivity contribution in [3.05, 3.63) is 59.7 Å². The number of benzene rings is 2. The van der Waals surface area contributed by atoms with Crippen LogP contribution in [0.4, 0.5) is 4.79 Å². The van der Waals surface area contributed by atoms with Gasteiger partial charge in [-0.2, -0.15) is 0 Å². The lowest BCUT2D eigenvalue weighted by molar-refractivity contribution is -0.144. The second-order valence-electron chi connectivity index (χ2n) is 9.58. The summed E-state index contributed by atoms with van der Waals surface area (Å²) in [5, 5.41) is 14.7. The normalized spacial score (nSPS) is 19.6. The van der Waals surface area contributed by atoms with E-state index in [1.54, 1.807) is 0 Å². The summed E-state index contributed by atoms with van der Waals surface area (Å²) in [4.78, 5) is 36.7. The number of fused-ring (bicyclic) bond motifs is 3. The zero-order valence-corrected chi connectivity index (χ0v) is 20.0. The number of aliphatic carboxylic acids is 1. The van der Waals surface area contributed by atoms with Gasteiger partial charge in [0.25, 0.3) is 0 Å². The fraction of sp³-hybridized carbons (Fsp3) is 0.444. The van der Waals surface area contributed by atoms with E-state index in [0.717, 1.165) is 22.3 Å². The zero-order chi connectivity index (χ0) is 24.9. The summed E-state index contributed by atoms with van der Waals surface area (Å²) in [5.41, 5.74) is 4.59. The Kier molecular flexibility index (Phi) is 7.70. The summed E-state index contributed by atoms with van der Waals surface area (Å²) >= 11 is 0. The third-order valence-electron chi connectivity index (χ3n) is 6.65. The van der Waals surface area contributed by atoms with Crippen molar-refractivity contribution in [1.82, 2.24) is 10.6 Å². The molecule has 0 saturated carbocycles. The number of carboxylic acid groups (broad SMARTS) is 1. The predicted molar refractivity (Wildman–Crippen MR) is 130 cm³/mol. The first kappa shape index (κ1) is 24.7. The predicted octanol–water partition coefficient (Wildman–Crippen LogP) is 3.55. The van der Waals surface area contributed by atoms with Crippen molar-refractivity contribution in [2.75, 3.05) is 19.8 Å². The molecular formula is C27H32N2O6. The minimum absolute atomic E-state index is 0.0320. The van der Waals surface area contributed by atoms with Crippen LogP contribution in [0.3, 0.4) is 0 Å². The van der Waals surface area contributed by atoms with Crippen LogP contribution in [0.15, 0.2) is 48.5 Å². The molecule has 186 valence electrons. The molecule has 1 heterocycles. The Morgan fingerprint density at radius 1 is 1.06 bits per heavy atom. The molecule has 0 unspecified atom stereocenters. The lowest BCUT2D eigenvalue weighted by Crippen LogP contribution is -2.49. The number of amides is 2. The fourth-order valence-electron chi connectivity index (χ4n) is 4.94. The van der Waals surface area contributed by atoms with Gasteiger partial charge in [0, 0.05) is 25.0 Å². The molecule has 0 aromatic heterocycles. The summed E-state index contributed by atoms with van der Waals surface area (Å²) in [6, 6.07) is 15.3. The van der Waals surface area contributed by atoms with Gasteiger partial charge >= 0.3 is 12.1 Å². The smallest absolute Gasteiger partial charge is 0.407 e. The highest BCUT2D eigenvalue weighted by molar-refractivity contribution is 5.86. The molecule has 1 aliphatic carbocycles. The first-order chi connectivity index (χ1) is 16.8. The van der Waals surface area contributed by atoms with Crippen molar-refractivity contribution in [2.45, 2.75) is 44.8 Å². The summed E-state index contributed by atoms with van der Waals surface area (Å²) in [5.74, 6) is -1.71. The molecule has 0 radical (unpaired) electrons. The van der Waals surface area contributed by atoms with Crippen molar-refractivity contribution < 1.29 is 29.0 Å². The Balaban J connectivity index is 1.30. The van der Waals surface area contributed by atoms with Crippen molar-refractivity contribution in [2.24, 2.45) is 11.8 Å². The SMILES string of the molecule is CC(C)C[C@@H](NC(=O)[C@H]1OCC[C@H]1CNC(=O)OCC1c2ccccc2-c2ccccc21)C(=O)O. The Morgan fingerprint density at radius 3 is 2.29 bits per heavy atom. The highest BCUT2D eigenvalue weighted by atomic mass is 16.5. The van der Waals surface area contributed by atoms with Crippen LogP contribution in [-0.2, 0) is 19.1 Å². The van der Waals surface area contributed by atoms with Gasteiger partial charge in [0.05, 0.1) is 0 Å². The number of hydrogen-bond acceptors (Lipinski definition) is 5. The highest BCUT2D eigenvalue weighted by Crippen LogP contribution is 2.44. The minimum Gasteiger partial charge on any atom is -0.480 e. The maximum atomic E-state index is 12.7. The summed E-state index contributed by atoms with van der Waals surface area (Å²) in [7, 11) is 0. The third kappa shape index (κ3) is 5.65. The van der Waals surface area contributed by atoms with Crippen LogP contribution in [0.5, 0.6) is 0 Å². The topological polar surface area (TPSA) is 114 Å². The molecule has 3 N–H and O–H groups in total. The van der Waals surface area contributed by atoms with E-state index >= 15 is 0 Å². The average molecular weight is 481 g/mol. The number of rotatable bonds is 9. The summed E-state index contributed by atoms with van der Waals surface area (Å²) < 4.78 is 11.1. The second kappa shape index (κ2) is 10.9. The molecule has 4 rings (SSSR count). The van der Waals surface area contributed by atoms with Crippen molar-refractivity contribution in [1.29, 1.82) is 0 Å². The van der Waals surface area contributed by atoms with Gasteiger partial charge in [-0.15, -0.1) is 0 Å². The molecule has 2 aromatic carbocycles. The number of hydrogen-bond donors (Lipinski definition) is 3. The van der Waals surface area contributed by atoms with Gasteiger partial charge in [-0.05, 0) is 41.0 Å². The summed E-state index contributed by atoms with van der Waals surface area (Å²) in [6.07, 6.45) is -0.445. The highest BCUT2D eigenvalue weighted by Gasteiger charge is 2.36. The number of ether oxygens (including phenoxy) is 2. The van der Waals surface area contributed by atoms with E-state index in [4.69, 9.17) is 9.47 Å². The lowest BCUT2D eigenvalue weighted by Gasteiger charge is -2.22. The van der Waals surface area contributed by atoms with Gasteiger partial charge in [-0.1, -0.05) is 62.4 Å². The second-order valence-corrected chi connectivity index (χ2v) is 9.58. The van der Waals surface area contributed by atoms with Crippen LogP contribution in [0, 0.1) is 11.8 Å². The molecule has 2 amide bonds. The van der Waals surface area contributed by atoms with E-state index in [0.29, 0.717) is 19.4 Å². The molecule has 8 heteroatoms. The third-order valence-corrected chi connectivity index (χ3v) is 6.65. The molecule has 35 heavy (non-hydrogen) atoms. The Hall–Kier alpha value is -3.39. The Labute approximate surface area is 205 Å².